The summed E-state index contributed by atoms with van der Waals surface area (Å²) in [5.41, 5.74) is 2.48. The quantitative estimate of drug-likeness (QED) is 0.883. The van der Waals surface area contributed by atoms with Crippen LogP contribution in [-0.4, -0.2) is 17.8 Å². The molecule has 0 aliphatic heterocycles. The van der Waals surface area contributed by atoms with Gasteiger partial charge in [0.15, 0.2) is 0 Å². The molecule has 0 aromatic heterocycles. The average Bonchev–Trinajstić information content (AvgIpc) is 2.18. The summed E-state index contributed by atoms with van der Waals surface area (Å²) < 4.78 is 1.13. The van der Waals surface area contributed by atoms with Crippen molar-refractivity contribution in [1.82, 2.24) is 5.32 Å². The van der Waals surface area contributed by atoms with E-state index in [2.05, 4.69) is 53.3 Å². The molecule has 1 aromatic carbocycles. The van der Waals surface area contributed by atoms with Crippen molar-refractivity contribution in [3.8, 4) is 0 Å². The van der Waals surface area contributed by atoms with Crippen LogP contribution in [0.2, 0.25) is 0 Å². The van der Waals surface area contributed by atoms with Crippen LogP contribution in [0.25, 0.3) is 0 Å². The Morgan fingerprint density at radius 3 is 2.60 bits per heavy atom. The lowest BCUT2D eigenvalue weighted by Gasteiger charge is -2.16. The largest absolute Gasteiger partial charge is 0.392 e. The third-order valence-electron chi connectivity index (χ3n) is 2.40. The first kappa shape index (κ1) is 12.7. The molecule has 2 N–H and O–H groups in total. The molecular formula is C12H18BrNO. The fraction of sp³-hybridized carbons (Fsp3) is 0.500. The topological polar surface area (TPSA) is 32.3 Å². The summed E-state index contributed by atoms with van der Waals surface area (Å²) in [5.74, 6) is 0. The van der Waals surface area contributed by atoms with Gasteiger partial charge in [0.25, 0.3) is 0 Å². The summed E-state index contributed by atoms with van der Waals surface area (Å²) in [4.78, 5) is 0. The molecule has 1 aromatic rings. The lowest BCUT2D eigenvalue weighted by atomic mass is 10.1. The van der Waals surface area contributed by atoms with E-state index in [4.69, 9.17) is 0 Å². The first-order valence-electron chi connectivity index (χ1n) is 5.18. The van der Waals surface area contributed by atoms with Crippen LogP contribution >= 0.6 is 15.9 Å². The van der Waals surface area contributed by atoms with Gasteiger partial charge in [0, 0.05) is 17.1 Å². The molecule has 0 saturated carbocycles. The Bertz CT molecular complexity index is 325. The molecule has 0 aliphatic carbocycles. The second-order valence-electron chi connectivity index (χ2n) is 3.99. The van der Waals surface area contributed by atoms with Crippen molar-refractivity contribution in [1.29, 1.82) is 0 Å². The Labute approximate surface area is 99.8 Å². The zero-order valence-corrected chi connectivity index (χ0v) is 11.0. The number of benzene rings is 1. The van der Waals surface area contributed by atoms with Crippen molar-refractivity contribution in [2.45, 2.75) is 32.9 Å². The maximum Gasteiger partial charge on any atom is 0.0636 e. The van der Waals surface area contributed by atoms with Crippen molar-refractivity contribution < 1.29 is 5.11 Å². The highest BCUT2D eigenvalue weighted by atomic mass is 79.9. The summed E-state index contributed by atoms with van der Waals surface area (Å²) >= 11 is 3.48. The molecule has 2 nitrogen and oxygen atoms in total. The minimum Gasteiger partial charge on any atom is -0.392 e. The van der Waals surface area contributed by atoms with Gasteiger partial charge in [-0.3, -0.25) is 0 Å². The maximum atomic E-state index is 9.18. The summed E-state index contributed by atoms with van der Waals surface area (Å²) in [6, 6.07) is 6.58. The highest BCUT2D eigenvalue weighted by Crippen LogP contribution is 2.20. The van der Waals surface area contributed by atoms with Crippen LogP contribution in [0.3, 0.4) is 0 Å². The van der Waals surface area contributed by atoms with Gasteiger partial charge in [0.05, 0.1) is 6.10 Å². The van der Waals surface area contributed by atoms with Crippen LogP contribution in [0.5, 0.6) is 0 Å². The van der Waals surface area contributed by atoms with Crippen LogP contribution in [0.1, 0.15) is 31.0 Å². The number of hydrogen-bond acceptors (Lipinski definition) is 2. The fourth-order valence-corrected chi connectivity index (χ4v) is 1.65. The summed E-state index contributed by atoms with van der Waals surface area (Å²) in [6.45, 7) is 6.59. The van der Waals surface area contributed by atoms with Crippen LogP contribution < -0.4 is 5.32 Å². The van der Waals surface area contributed by atoms with Crippen molar-refractivity contribution >= 4 is 15.9 Å². The van der Waals surface area contributed by atoms with E-state index < -0.39 is 0 Å². The highest BCUT2D eigenvalue weighted by Gasteiger charge is 2.06. The molecule has 0 bridgehead atoms. The average molecular weight is 272 g/mol. The van der Waals surface area contributed by atoms with E-state index in [9.17, 15) is 5.11 Å². The molecule has 0 saturated heterocycles. The summed E-state index contributed by atoms with van der Waals surface area (Å²) in [5, 5.41) is 12.5. The third-order valence-corrected chi connectivity index (χ3v) is 3.29. The van der Waals surface area contributed by atoms with Gasteiger partial charge in [-0.1, -0.05) is 28.1 Å². The number of aliphatic hydroxyl groups excluding tert-OH is 1. The molecule has 3 heteroatoms. The molecule has 0 amide bonds. The van der Waals surface area contributed by atoms with E-state index >= 15 is 0 Å². The van der Waals surface area contributed by atoms with E-state index in [1.807, 2.05) is 0 Å². The van der Waals surface area contributed by atoms with Crippen molar-refractivity contribution in [2.75, 3.05) is 6.54 Å². The molecule has 0 fully saturated rings. The predicted octanol–water partition coefficient (Wildman–Crippen LogP) is 2.79. The number of rotatable bonds is 4. The number of aliphatic hydroxyl groups is 1. The standard InChI is InChI=1S/C12H18BrNO/c1-8-6-11(4-5-12(8)13)10(3)14-7-9(2)15/h4-6,9-10,14-15H,7H2,1-3H3/t9-,10?/m0/s1. The molecule has 1 rings (SSSR count). The minimum atomic E-state index is -0.302. The van der Waals surface area contributed by atoms with Gasteiger partial charge >= 0.3 is 0 Å². The molecule has 0 aliphatic rings. The lowest BCUT2D eigenvalue weighted by molar-refractivity contribution is 0.187. The van der Waals surface area contributed by atoms with Crippen LogP contribution in [0.15, 0.2) is 22.7 Å². The van der Waals surface area contributed by atoms with Crippen molar-refractivity contribution in [3.63, 3.8) is 0 Å². The Morgan fingerprint density at radius 1 is 1.40 bits per heavy atom. The van der Waals surface area contributed by atoms with E-state index in [1.54, 1.807) is 6.92 Å². The molecular weight excluding hydrogens is 254 g/mol. The summed E-state index contributed by atoms with van der Waals surface area (Å²) in [6.07, 6.45) is -0.302. The molecule has 0 spiro atoms. The van der Waals surface area contributed by atoms with E-state index in [0.29, 0.717) is 6.54 Å². The summed E-state index contributed by atoms with van der Waals surface area (Å²) in [7, 11) is 0. The second-order valence-corrected chi connectivity index (χ2v) is 4.84. The first-order valence-corrected chi connectivity index (χ1v) is 5.97. The van der Waals surface area contributed by atoms with Gasteiger partial charge in [-0.25, -0.2) is 0 Å². The number of nitrogens with one attached hydrogen (secondary N) is 1. The van der Waals surface area contributed by atoms with Gasteiger partial charge in [0.2, 0.25) is 0 Å². The normalized spacial score (nSPS) is 15.0. The van der Waals surface area contributed by atoms with Crippen molar-refractivity contribution in [2.24, 2.45) is 0 Å². The Balaban J connectivity index is 2.65. The smallest absolute Gasteiger partial charge is 0.0636 e. The van der Waals surface area contributed by atoms with E-state index in [0.717, 1.165) is 4.47 Å². The molecule has 1 unspecified atom stereocenters. The molecule has 2 atom stereocenters. The van der Waals surface area contributed by atoms with Gasteiger partial charge in [0.1, 0.15) is 0 Å². The molecule has 84 valence electrons. The van der Waals surface area contributed by atoms with Gasteiger partial charge < -0.3 is 10.4 Å². The zero-order valence-electron chi connectivity index (χ0n) is 9.42. The SMILES string of the molecule is Cc1cc(C(C)NC[C@H](C)O)ccc1Br. The van der Waals surface area contributed by atoms with Gasteiger partial charge in [-0.05, 0) is 38.0 Å². The molecule has 15 heavy (non-hydrogen) atoms. The third kappa shape index (κ3) is 3.93. The van der Waals surface area contributed by atoms with Crippen LogP contribution in [0.4, 0.5) is 0 Å². The van der Waals surface area contributed by atoms with Crippen LogP contribution in [0, 0.1) is 6.92 Å². The Hall–Kier alpha value is -0.380. The Morgan fingerprint density at radius 2 is 2.07 bits per heavy atom. The predicted molar refractivity (Wildman–Crippen MR) is 67.0 cm³/mol. The van der Waals surface area contributed by atoms with E-state index in [1.165, 1.54) is 11.1 Å². The first-order chi connectivity index (χ1) is 7.00. The van der Waals surface area contributed by atoms with Crippen molar-refractivity contribution in [3.05, 3.63) is 33.8 Å². The fourth-order valence-electron chi connectivity index (χ4n) is 1.40. The molecule has 0 radical (unpaired) electrons. The maximum absolute atomic E-state index is 9.18. The second kappa shape index (κ2) is 5.64. The number of aryl methyl sites for hydroxylation is 1. The van der Waals surface area contributed by atoms with E-state index in [-0.39, 0.29) is 12.1 Å². The van der Waals surface area contributed by atoms with Gasteiger partial charge in [-0.2, -0.15) is 0 Å². The van der Waals surface area contributed by atoms with Crippen LogP contribution in [-0.2, 0) is 0 Å². The minimum absolute atomic E-state index is 0.270. The number of halogens is 1. The zero-order chi connectivity index (χ0) is 11.4. The highest BCUT2D eigenvalue weighted by molar-refractivity contribution is 9.10. The lowest BCUT2D eigenvalue weighted by Crippen LogP contribution is -2.27. The monoisotopic (exact) mass is 271 g/mol. The number of hydrogen-bond donors (Lipinski definition) is 2. The Kier molecular flexibility index (Phi) is 4.77. The molecule has 0 heterocycles. The van der Waals surface area contributed by atoms with Gasteiger partial charge in [-0.15, -0.1) is 0 Å².